The second kappa shape index (κ2) is 3.08. The molecule has 15 heavy (non-hydrogen) atoms. The number of aryl methyl sites for hydroxylation is 1. The summed E-state index contributed by atoms with van der Waals surface area (Å²) in [6.07, 6.45) is 7.54. The lowest BCUT2D eigenvalue weighted by atomic mass is 9.75. The van der Waals surface area contributed by atoms with Gasteiger partial charge in [-0.15, -0.1) is 0 Å². The average molecular weight is 205 g/mol. The predicted octanol–water partition coefficient (Wildman–Crippen LogP) is 1.45. The van der Waals surface area contributed by atoms with Crippen LogP contribution in [0.1, 0.15) is 36.4 Å². The third-order valence-electron chi connectivity index (χ3n) is 4.37. The highest BCUT2D eigenvalue weighted by Crippen LogP contribution is 2.61. The van der Waals surface area contributed by atoms with E-state index in [2.05, 4.69) is 35.4 Å². The third-order valence-corrected chi connectivity index (χ3v) is 4.37. The van der Waals surface area contributed by atoms with Crippen LogP contribution in [-0.2, 0) is 13.5 Å². The number of rotatable bonds is 2. The van der Waals surface area contributed by atoms with Crippen LogP contribution in [0.3, 0.4) is 0 Å². The summed E-state index contributed by atoms with van der Waals surface area (Å²) in [6.45, 7) is 1.11. The van der Waals surface area contributed by atoms with E-state index in [-0.39, 0.29) is 0 Å². The molecule has 3 heteroatoms. The van der Waals surface area contributed by atoms with E-state index in [1.807, 2.05) is 0 Å². The molecule has 1 atom stereocenters. The lowest BCUT2D eigenvalue weighted by Crippen LogP contribution is -2.30. The van der Waals surface area contributed by atoms with E-state index in [0.29, 0.717) is 11.3 Å². The molecule has 1 N–H and O–H groups in total. The van der Waals surface area contributed by atoms with Crippen molar-refractivity contribution in [1.82, 2.24) is 15.1 Å². The number of likely N-dealkylation sites (N-methyl/N-ethyl adjacent to an activating group) is 1. The largest absolute Gasteiger partial charge is 0.319 e. The van der Waals surface area contributed by atoms with Crippen LogP contribution < -0.4 is 5.32 Å². The van der Waals surface area contributed by atoms with E-state index in [1.54, 1.807) is 0 Å². The summed E-state index contributed by atoms with van der Waals surface area (Å²) in [7, 11) is 4.13. The van der Waals surface area contributed by atoms with Crippen LogP contribution in [0.15, 0.2) is 6.20 Å². The Morgan fingerprint density at radius 3 is 3.00 bits per heavy atom. The van der Waals surface area contributed by atoms with E-state index in [0.717, 1.165) is 6.54 Å². The Hall–Kier alpha value is -0.830. The Bertz CT molecular complexity index is 376. The number of aromatic nitrogens is 2. The zero-order valence-corrected chi connectivity index (χ0v) is 9.58. The Kier molecular flexibility index (Phi) is 1.93. The van der Waals surface area contributed by atoms with Crippen molar-refractivity contribution in [2.75, 3.05) is 13.6 Å². The first-order valence-corrected chi connectivity index (χ1v) is 5.92. The number of nitrogens with zero attached hydrogens (tertiary/aromatic N) is 2. The van der Waals surface area contributed by atoms with Gasteiger partial charge < -0.3 is 5.32 Å². The van der Waals surface area contributed by atoms with E-state index in [4.69, 9.17) is 0 Å². The highest BCUT2D eigenvalue weighted by Gasteiger charge is 2.52. The van der Waals surface area contributed by atoms with Crippen LogP contribution in [0.4, 0.5) is 0 Å². The molecule has 0 aliphatic heterocycles. The SMILES string of the molecule is CNCC1c2cnn(C)c2CCC12CC2. The Labute approximate surface area is 90.9 Å². The summed E-state index contributed by atoms with van der Waals surface area (Å²) in [5.41, 5.74) is 3.61. The molecule has 0 amide bonds. The summed E-state index contributed by atoms with van der Waals surface area (Å²) < 4.78 is 2.06. The van der Waals surface area contributed by atoms with Gasteiger partial charge in [0.15, 0.2) is 0 Å². The van der Waals surface area contributed by atoms with Crippen molar-refractivity contribution in [1.29, 1.82) is 0 Å². The van der Waals surface area contributed by atoms with Gasteiger partial charge in [0.05, 0.1) is 6.20 Å². The maximum absolute atomic E-state index is 4.41. The van der Waals surface area contributed by atoms with Gasteiger partial charge in [-0.3, -0.25) is 4.68 Å². The lowest BCUT2D eigenvalue weighted by molar-refractivity contribution is 0.335. The third kappa shape index (κ3) is 1.26. The van der Waals surface area contributed by atoms with Gasteiger partial charge in [0.1, 0.15) is 0 Å². The van der Waals surface area contributed by atoms with E-state index in [1.165, 1.54) is 36.9 Å². The first-order chi connectivity index (χ1) is 7.27. The molecule has 1 aromatic rings. The molecule has 1 spiro atoms. The smallest absolute Gasteiger partial charge is 0.0528 e. The van der Waals surface area contributed by atoms with Gasteiger partial charge in [0.25, 0.3) is 0 Å². The standard InChI is InChI=1S/C12H19N3/c1-13-8-10-9-7-14-15(2)11(9)3-4-12(10)5-6-12/h7,10,13H,3-6,8H2,1-2H3. The van der Waals surface area contributed by atoms with Gasteiger partial charge in [-0.05, 0) is 43.7 Å². The molecule has 3 rings (SSSR count). The molecule has 82 valence electrons. The fraction of sp³-hybridized carbons (Fsp3) is 0.750. The van der Waals surface area contributed by atoms with Crippen LogP contribution in [0.5, 0.6) is 0 Å². The number of fused-ring (bicyclic) bond motifs is 1. The molecule has 1 heterocycles. The van der Waals surface area contributed by atoms with E-state index in [9.17, 15) is 0 Å². The predicted molar refractivity (Wildman–Crippen MR) is 59.9 cm³/mol. The van der Waals surface area contributed by atoms with E-state index < -0.39 is 0 Å². The summed E-state index contributed by atoms with van der Waals surface area (Å²) >= 11 is 0. The second-order valence-corrected chi connectivity index (χ2v) is 5.14. The molecule has 0 aromatic carbocycles. The molecule has 1 saturated carbocycles. The molecule has 2 aliphatic rings. The fourth-order valence-corrected chi connectivity index (χ4v) is 3.24. The van der Waals surface area contributed by atoms with Gasteiger partial charge >= 0.3 is 0 Å². The highest BCUT2D eigenvalue weighted by molar-refractivity contribution is 5.32. The van der Waals surface area contributed by atoms with Crippen LogP contribution >= 0.6 is 0 Å². The van der Waals surface area contributed by atoms with Crippen molar-refractivity contribution in [2.45, 2.75) is 31.6 Å². The van der Waals surface area contributed by atoms with Crippen LogP contribution in [0, 0.1) is 5.41 Å². The molecule has 0 bridgehead atoms. The van der Waals surface area contributed by atoms with Crippen molar-refractivity contribution >= 4 is 0 Å². The summed E-state index contributed by atoms with van der Waals surface area (Å²) in [6, 6.07) is 0. The zero-order valence-electron chi connectivity index (χ0n) is 9.58. The van der Waals surface area contributed by atoms with Gasteiger partial charge in [0, 0.05) is 25.2 Å². The molecule has 1 fully saturated rings. The van der Waals surface area contributed by atoms with Crippen molar-refractivity contribution in [3.05, 3.63) is 17.5 Å². The lowest BCUT2D eigenvalue weighted by Gasteiger charge is -2.32. The van der Waals surface area contributed by atoms with Gasteiger partial charge in [-0.1, -0.05) is 0 Å². The Balaban J connectivity index is 2.00. The van der Waals surface area contributed by atoms with E-state index >= 15 is 0 Å². The minimum atomic E-state index is 0.638. The average Bonchev–Trinajstić information content (AvgIpc) is 2.91. The maximum atomic E-state index is 4.41. The molecule has 1 aromatic heterocycles. The van der Waals surface area contributed by atoms with Gasteiger partial charge in [-0.25, -0.2) is 0 Å². The normalized spacial score (nSPS) is 26.7. The van der Waals surface area contributed by atoms with Gasteiger partial charge in [0.2, 0.25) is 0 Å². The van der Waals surface area contributed by atoms with Crippen LogP contribution in [0.25, 0.3) is 0 Å². The Morgan fingerprint density at radius 1 is 1.53 bits per heavy atom. The summed E-state index contributed by atoms with van der Waals surface area (Å²) in [4.78, 5) is 0. The minimum Gasteiger partial charge on any atom is -0.319 e. The van der Waals surface area contributed by atoms with Crippen LogP contribution in [-0.4, -0.2) is 23.4 Å². The molecular formula is C12H19N3. The zero-order chi connectivity index (χ0) is 10.5. The van der Waals surface area contributed by atoms with Crippen molar-refractivity contribution in [2.24, 2.45) is 12.5 Å². The summed E-state index contributed by atoms with van der Waals surface area (Å²) in [5.74, 6) is 0.708. The van der Waals surface area contributed by atoms with Crippen molar-refractivity contribution < 1.29 is 0 Å². The molecule has 3 nitrogen and oxygen atoms in total. The Morgan fingerprint density at radius 2 is 2.33 bits per heavy atom. The number of hydrogen-bond acceptors (Lipinski definition) is 2. The number of nitrogens with one attached hydrogen (secondary N) is 1. The maximum Gasteiger partial charge on any atom is 0.0528 e. The molecule has 0 radical (unpaired) electrons. The summed E-state index contributed by atoms with van der Waals surface area (Å²) in [5, 5.41) is 7.76. The first kappa shape index (κ1) is 9.40. The number of hydrogen-bond donors (Lipinski definition) is 1. The van der Waals surface area contributed by atoms with Crippen LogP contribution in [0.2, 0.25) is 0 Å². The molecule has 2 aliphatic carbocycles. The molecule has 0 saturated heterocycles. The first-order valence-electron chi connectivity index (χ1n) is 5.92. The second-order valence-electron chi connectivity index (χ2n) is 5.14. The van der Waals surface area contributed by atoms with Crippen molar-refractivity contribution in [3.8, 4) is 0 Å². The minimum absolute atomic E-state index is 0.638. The topological polar surface area (TPSA) is 29.9 Å². The fourth-order valence-electron chi connectivity index (χ4n) is 3.24. The molecule has 1 unspecified atom stereocenters. The highest BCUT2D eigenvalue weighted by atomic mass is 15.3. The molecular weight excluding hydrogens is 186 g/mol. The van der Waals surface area contributed by atoms with Crippen molar-refractivity contribution in [3.63, 3.8) is 0 Å². The quantitative estimate of drug-likeness (QED) is 0.792. The van der Waals surface area contributed by atoms with Gasteiger partial charge in [-0.2, -0.15) is 5.10 Å². The monoisotopic (exact) mass is 205 g/mol.